The van der Waals surface area contributed by atoms with E-state index in [1.165, 1.54) is 13.3 Å². The number of nitrogens with zero attached hydrogens (tertiary/aromatic N) is 2. The van der Waals surface area contributed by atoms with E-state index in [2.05, 4.69) is 36.7 Å². The van der Waals surface area contributed by atoms with Crippen LogP contribution in [0.2, 0.25) is 0 Å². The molecular formula is C44H59N5O6. The molecule has 11 heteroatoms. The van der Waals surface area contributed by atoms with Crippen molar-refractivity contribution in [1.82, 2.24) is 21.0 Å². The summed E-state index contributed by atoms with van der Waals surface area (Å²) in [6.07, 6.45) is 1.32. The molecule has 2 bridgehead atoms. The van der Waals surface area contributed by atoms with Gasteiger partial charge in [-0.25, -0.2) is 0 Å². The Kier molecular flexibility index (Phi) is 12.2. The van der Waals surface area contributed by atoms with Crippen LogP contribution >= 0.6 is 0 Å². The minimum atomic E-state index is -0.894. The van der Waals surface area contributed by atoms with Gasteiger partial charge in [-0.05, 0) is 78.7 Å². The molecule has 4 fully saturated rings. The standard InChI is InChI=1S/C44H59N5O6/c1-26-36-22-33(44(36,4)5)23-37(26)47-43(53)40-39(27(2)50)38(24-46-28(3)51)55-49(40)25-30-15-12-16-35(41(30)54-8)31-19-32(21-34(20-31)48(6)7)42(52)45-18-17-29-13-10-9-11-14-29/h9-16,19-21,26-27,33,36-40,50H,17-18,22-25H2,1-8H3,(H,45,52)(H,46,51)(H,47,53)/t26-,27-,33+,36+,37-,38-,39+,40-/m0/s1. The molecule has 1 heterocycles. The van der Waals surface area contributed by atoms with Gasteiger partial charge in [0, 0.05) is 68.4 Å². The van der Waals surface area contributed by atoms with E-state index >= 15 is 0 Å². The number of para-hydroxylation sites is 1. The van der Waals surface area contributed by atoms with E-state index in [1.54, 1.807) is 19.1 Å². The second kappa shape index (κ2) is 16.7. The number of hydrogen-bond donors (Lipinski definition) is 4. The van der Waals surface area contributed by atoms with Crippen molar-refractivity contribution >= 4 is 23.4 Å². The lowest BCUT2D eigenvalue weighted by Gasteiger charge is -2.62. The number of fused-ring (bicyclic) bond motifs is 2. The minimum Gasteiger partial charge on any atom is -0.496 e. The number of methoxy groups -OCH3 is 1. The Morgan fingerprint density at radius 1 is 1.04 bits per heavy atom. The smallest absolute Gasteiger partial charge is 0.251 e. The molecule has 3 saturated carbocycles. The number of benzene rings is 3. The molecule has 0 aromatic heterocycles. The molecule has 55 heavy (non-hydrogen) atoms. The molecule has 1 aliphatic heterocycles. The molecule has 0 radical (unpaired) electrons. The molecule has 0 spiro atoms. The molecule has 3 aromatic rings. The molecule has 0 unspecified atom stereocenters. The maximum absolute atomic E-state index is 14.4. The maximum atomic E-state index is 14.4. The lowest BCUT2D eigenvalue weighted by Crippen LogP contribution is -2.62. The highest BCUT2D eigenvalue weighted by molar-refractivity contribution is 5.97. The van der Waals surface area contributed by atoms with E-state index < -0.39 is 24.2 Å². The summed E-state index contributed by atoms with van der Waals surface area (Å²) in [5.41, 5.74) is 5.15. The number of hydrogen-bond acceptors (Lipinski definition) is 8. The van der Waals surface area contributed by atoms with Crippen molar-refractivity contribution in [3.63, 3.8) is 0 Å². The second-order valence-electron chi connectivity index (χ2n) is 16.6. The van der Waals surface area contributed by atoms with E-state index in [0.29, 0.717) is 35.6 Å². The molecule has 4 N–H and O–H groups in total. The maximum Gasteiger partial charge on any atom is 0.251 e. The highest BCUT2D eigenvalue weighted by Crippen LogP contribution is 2.61. The number of carbonyl (C=O) groups excluding carboxylic acids is 3. The van der Waals surface area contributed by atoms with Gasteiger partial charge in [-0.1, -0.05) is 69.3 Å². The van der Waals surface area contributed by atoms with Crippen LogP contribution in [0.4, 0.5) is 5.69 Å². The predicted molar refractivity (Wildman–Crippen MR) is 214 cm³/mol. The fraction of sp³-hybridized carbons (Fsp3) is 0.523. The van der Waals surface area contributed by atoms with Crippen molar-refractivity contribution in [3.05, 3.63) is 83.4 Å². The van der Waals surface area contributed by atoms with Crippen LogP contribution in [0, 0.1) is 29.1 Å². The minimum absolute atomic E-state index is 0.0294. The average Bonchev–Trinajstić information content (AvgIpc) is 3.52. The van der Waals surface area contributed by atoms with E-state index in [0.717, 1.165) is 40.8 Å². The summed E-state index contributed by atoms with van der Waals surface area (Å²) in [4.78, 5) is 48.4. The zero-order valence-electron chi connectivity index (χ0n) is 33.6. The fourth-order valence-corrected chi connectivity index (χ4v) is 9.32. The van der Waals surface area contributed by atoms with Crippen molar-refractivity contribution in [3.8, 4) is 16.9 Å². The highest BCUT2D eigenvalue weighted by atomic mass is 16.7. The first-order valence-corrected chi connectivity index (χ1v) is 19.7. The Balaban J connectivity index is 1.28. The Hall–Kier alpha value is -4.45. The van der Waals surface area contributed by atoms with Crippen molar-refractivity contribution in [2.45, 2.75) is 84.7 Å². The van der Waals surface area contributed by atoms with Gasteiger partial charge in [-0.2, -0.15) is 5.06 Å². The van der Waals surface area contributed by atoms with E-state index in [4.69, 9.17) is 9.57 Å². The van der Waals surface area contributed by atoms with Gasteiger partial charge in [0.1, 0.15) is 17.9 Å². The molecular weight excluding hydrogens is 695 g/mol. The Labute approximate surface area is 326 Å². The summed E-state index contributed by atoms with van der Waals surface area (Å²) in [5.74, 6) is 0.834. The van der Waals surface area contributed by atoms with Crippen LogP contribution in [-0.4, -0.2) is 86.5 Å². The van der Waals surface area contributed by atoms with Gasteiger partial charge in [0.2, 0.25) is 11.8 Å². The number of ether oxygens (including phenoxy) is 1. The second-order valence-corrected chi connectivity index (χ2v) is 16.6. The molecule has 4 aliphatic rings. The summed E-state index contributed by atoms with van der Waals surface area (Å²) < 4.78 is 6.10. The summed E-state index contributed by atoms with van der Waals surface area (Å²) in [6.45, 7) is 10.8. The normalized spacial score (nSPS) is 26.0. The van der Waals surface area contributed by atoms with Gasteiger partial charge in [0.15, 0.2) is 0 Å². The monoisotopic (exact) mass is 753 g/mol. The number of nitrogens with one attached hydrogen (secondary N) is 3. The Morgan fingerprint density at radius 3 is 2.42 bits per heavy atom. The molecule has 3 aromatic carbocycles. The van der Waals surface area contributed by atoms with Crippen LogP contribution < -0.4 is 25.6 Å². The number of amides is 3. The van der Waals surface area contributed by atoms with E-state index in [1.807, 2.05) is 85.7 Å². The van der Waals surface area contributed by atoms with Crippen molar-refractivity contribution < 1.29 is 29.1 Å². The first-order chi connectivity index (χ1) is 26.2. The topological polar surface area (TPSA) is 132 Å². The van der Waals surface area contributed by atoms with Crippen LogP contribution in [0.5, 0.6) is 5.75 Å². The number of aliphatic hydroxyl groups excluding tert-OH is 1. The summed E-state index contributed by atoms with van der Waals surface area (Å²) in [5, 5.41) is 22.1. The van der Waals surface area contributed by atoms with Crippen LogP contribution in [0.3, 0.4) is 0 Å². The zero-order chi connectivity index (χ0) is 39.6. The van der Waals surface area contributed by atoms with Crippen molar-refractivity contribution in [2.75, 3.05) is 39.2 Å². The van der Waals surface area contributed by atoms with Gasteiger partial charge in [-0.15, -0.1) is 0 Å². The number of rotatable bonds is 14. The molecule has 1 saturated heterocycles. The molecule has 296 valence electrons. The average molecular weight is 754 g/mol. The third kappa shape index (κ3) is 8.54. The zero-order valence-corrected chi connectivity index (χ0v) is 33.6. The van der Waals surface area contributed by atoms with Crippen LogP contribution in [0.25, 0.3) is 11.1 Å². The Bertz CT molecular complexity index is 1850. The SMILES string of the molecule is COc1c(CN2O[C@@H](CNC(C)=O)[C@@H]([C@H](C)O)[C@H]2C(=O)N[C@H]2C[C@H]3C[C@H]([C@@H]2C)C3(C)C)cccc1-c1cc(C(=O)NCCc2ccccc2)cc(N(C)C)c1. The first kappa shape index (κ1) is 40.2. The first-order valence-electron chi connectivity index (χ1n) is 19.7. The van der Waals surface area contributed by atoms with Gasteiger partial charge in [-0.3, -0.25) is 19.2 Å². The molecule has 11 nitrogen and oxygen atoms in total. The van der Waals surface area contributed by atoms with Crippen LogP contribution in [0.1, 0.15) is 68.9 Å². The predicted octanol–water partition coefficient (Wildman–Crippen LogP) is 5.21. The van der Waals surface area contributed by atoms with E-state index in [9.17, 15) is 19.5 Å². The summed E-state index contributed by atoms with van der Waals surface area (Å²) >= 11 is 0. The quantitative estimate of drug-likeness (QED) is 0.177. The molecule has 8 atom stereocenters. The van der Waals surface area contributed by atoms with Gasteiger partial charge >= 0.3 is 0 Å². The lowest BCUT2D eigenvalue weighted by atomic mass is 9.45. The van der Waals surface area contributed by atoms with Crippen LogP contribution in [0.15, 0.2) is 66.7 Å². The molecule has 3 amide bonds. The number of hydroxylamine groups is 2. The van der Waals surface area contributed by atoms with Crippen LogP contribution in [-0.2, 0) is 27.4 Å². The Morgan fingerprint density at radius 2 is 1.78 bits per heavy atom. The number of carbonyl (C=O) groups is 3. The van der Waals surface area contributed by atoms with E-state index in [-0.39, 0.29) is 42.3 Å². The number of anilines is 1. The van der Waals surface area contributed by atoms with Crippen molar-refractivity contribution in [2.24, 2.45) is 29.1 Å². The van der Waals surface area contributed by atoms with Crippen molar-refractivity contribution in [1.29, 1.82) is 0 Å². The highest BCUT2D eigenvalue weighted by Gasteiger charge is 2.57. The summed E-state index contributed by atoms with van der Waals surface area (Å²) in [6, 6.07) is 20.9. The fourth-order valence-electron chi connectivity index (χ4n) is 9.32. The van der Waals surface area contributed by atoms with Gasteiger partial charge in [0.25, 0.3) is 5.91 Å². The third-order valence-corrected chi connectivity index (χ3v) is 12.6. The molecule has 7 rings (SSSR count). The number of aliphatic hydroxyl groups is 1. The summed E-state index contributed by atoms with van der Waals surface area (Å²) in [7, 11) is 5.49. The largest absolute Gasteiger partial charge is 0.496 e. The third-order valence-electron chi connectivity index (χ3n) is 12.6. The van der Waals surface area contributed by atoms with Gasteiger partial charge < -0.3 is 30.7 Å². The molecule has 3 aliphatic carbocycles. The lowest BCUT2D eigenvalue weighted by molar-refractivity contribution is -0.177. The van der Waals surface area contributed by atoms with Gasteiger partial charge in [0.05, 0.1) is 19.8 Å².